The number of aliphatic carboxylic acids is 1. The fourth-order valence-corrected chi connectivity index (χ4v) is 2.64. The summed E-state index contributed by atoms with van der Waals surface area (Å²) >= 11 is 1.60. The summed E-state index contributed by atoms with van der Waals surface area (Å²) < 4.78 is 0. The minimum Gasteiger partial charge on any atom is -0.481 e. The lowest BCUT2D eigenvalue weighted by molar-refractivity contribution is -0.138. The van der Waals surface area contributed by atoms with Gasteiger partial charge in [-0.25, -0.2) is 4.98 Å². The number of carbonyl (C=O) groups is 1. The van der Waals surface area contributed by atoms with Crippen molar-refractivity contribution in [1.29, 1.82) is 0 Å². The van der Waals surface area contributed by atoms with Gasteiger partial charge in [-0.2, -0.15) is 0 Å². The normalized spacial score (nSPS) is 25.4. The topological polar surface area (TPSA) is 50.2 Å². The van der Waals surface area contributed by atoms with Gasteiger partial charge in [0.2, 0.25) is 0 Å². The van der Waals surface area contributed by atoms with Gasteiger partial charge in [0, 0.05) is 11.3 Å². The largest absolute Gasteiger partial charge is 0.481 e. The fraction of sp³-hybridized carbons (Fsp3) is 0.600. The number of carboxylic acids is 1. The van der Waals surface area contributed by atoms with Crippen LogP contribution in [0.3, 0.4) is 0 Å². The summed E-state index contributed by atoms with van der Waals surface area (Å²) in [7, 11) is 0. The van der Waals surface area contributed by atoms with Crippen molar-refractivity contribution in [2.75, 3.05) is 0 Å². The van der Waals surface area contributed by atoms with E-state index in [-0.39, 0.29) is 11.8 Å². The van der Waals surface area contributed by atoms with Crippen LogP contribution in [0.25, 0.3) is 0 Å². The summed E-state index contributed by atoms with van der Waals surface area (Å²) in [6, 6.07) is 0. The van der Waals surface area contributed by atoms with Crippen LogP contribution in [-0.4, -0.2) is 16.1 Å². The minimum atomic E-state index is -0.684. The first kappa shape index (κ1) is 9.65. The lowest BCUT2D eigenvalue weighted by atomic mass is 10.2. The van der Waals surface area contributed by atoms with Crippen molar-refractivity contribution in [2.24, 2.45) is 5.92 Å². The SMILES string of the molecule is CC(C)c1csc(C2CC2C(=O)O)n1. The lowest BCUT2D eigenvalue weighted by Gasteiger charge is -1.96. The zero-order chi connectivity index (χ0) is 10.3. The molecule has 3 nitrogen and oxygen atoms in total. The van der Waals surface area contributed by atoms with Crippen molar-refractivity contribution >= 4 is 17.3 Å². The average Bonchev–Trinajstić information content (AvgIpc) is 2.76. The number of thiazole rings is 1. The molecule has 0 amide bonds. The molecule has 4 heteroatoms. The Kier molecular flexibility index (Phi) is 2.31. The van der Waals surface area contributed by atoms with E-state index in [1.54, 1.807) is 11.3 Å². The highest BCUT2D eigenvalue weighted by Crippen LogP contribution is 2.48. The number of nitrogens with zero attached hydrogens (tertiary/aromatic N) is 1. The summed E-state index contributed by atoms with van der Waals surface area (Å²) in [6.45, 7) is 4.20. The molecule has 0 bridgehead atoms. The van der Waals surface area contributed by atoms with Crippen LogP contribution in [0.1, 0.15) is 42.8 Å². The van der Waals surface area contributed by atoms with Crippen molar-refractivity contribution in [3.05, 3.63) is 16.1 Å². The molecule has 1 aliphatic rings. The second kappa shape index (κ2) is 3.35. The van der Waals surface area contributed by atoms with Crippen LogP contribution >= 0.6 is 11.3 Å². The van der Waals surface area contributed by atoms with Gasteiger partial charge in [0.05, 0.1) is 16.6 Å². The summed E-state index contributed by atoms with van der Waals surface area (Å²) in [5, 5.41) is 11.8. The first-order valence-electron chi connectivity index (χ1n) is 4.77. The van der Waals surface area contributed by atoms with Crippen LogP contribution in [-0.2, 0) is 4.79 Å². The van der Waals surface area contributed by atoms with E-state index < -0.39 is 5.97 Å². The maximum absolute atomic E-state index is 10.7. The standard InChI is InChI=1S/C10H13NO2S/c1-5(2)8-4-14-9(11-8)6-3-7(6)10(12)13/h4-7H,3H2,1-2H3,(H,12,13). The number of aromatic nitrogens is 1. The molecule has 1 N–H and O–H groups in total. The Bertz CT molecular complexity index is 359. The predicted molar refractivity (Wildman–Crippen MR) is 54.7 cm³/mol. The van der Waals surface area contributed by atoms with E-state index in [2.05, 4.69) is 18.8 Å². The molecule has 1 aliphatic carbocycles. The zero-order valence-corrected chi connectivity index (χ0v) is 9.04. The Hall–Kier alpha value is -0.900. The van der Waals surface area contributed by atoms with Gasteiger partial charge in [0.1, 0.15) is 0 Å². The van der Waals surface area contributed by atoms with Gasteiger partial charge < -0.3 is 5.11 Å². The molecule has 1 aromatic rings. The van der Waals surface area contributed by atoms with E-state index >= 15 is 0 Å². The lowest BCUT2D eigenvalue weighted by Crippen LogP contribution is -1.98. The second-order valence-electron chi connectivity index (χ2n) is 4.05. The van der Waals surface area contributed by atoms with Crippen LogP contribution in [0.15, 0.2) is 5.38 Å². The van der Waals surface area contributed by atoms with Crippen molar-refractivity contribution in [3.8, 4) is 0 Å². The third-order valence-electron chi connectivity index (χ3n) is 2.56. The summed E-state index contributed by atoms with van der Waals surface area (Å²) in [4.78, 5) is 15.1. The molecule has 0 spiro atoms. The fourth-order valence-electron chi connectivity index (χ4n) is 1.48. The van der Waals surface area contributed by atoms with Gasteiger partial charge in [0.15, 0.2) is 0 Å². The Morgan fingerprint density at radius 2 is 2.43 bits per heavy atom. The molecule has 2 rings (SSSR count). The Labute approximate surface area is 86.8 Å². The molecule has 2 unspecified atom stereocenters. The van der Waals surface area contributed by atoms with Crippen LogP contribution < -0.4 is 0 Å². The highest BCUT2D eigenvalue weighted by Gasteiger charge is 2.46. The quantitative estimate of drug-likeness (QED) is 0.835. The number of hydrogen-bond acceptors (Lipinski definition) is 3. The molecule has 76 valence electrons. The third kappa shape index (κ3) is 1.66. The van der Waals surface area contributed by atoms with Crippen LogP contribution in [0, 0.1) is 5.92 Å². The zero-order valence-electron chi connectivity index (χ0n) is 8.23. The molecule has 1 heterocycles. The molecular weight excluding hydrogens is 198 g/mol. The second-order valence-corrected chi connectivity index (χ2v) is 4.94. The van der Waals surface area contributed by atoms with E-state index in [1.807, 2.05) is 5.38 Å². The van der Waals surface area contributed by atoms with E-state index in [0.717, 1.165) is 17.1 Å². The van der Waals surface area contributed by atoms with E-state index in [1.165, 1.54) is 0 Å². The first-order valence-corrected chi connectivity index (χ1v) is 5.65. The van der Waals surface area contributed by atoms with Crippen LogP contribution in [0.5, 0.6) is 0 Å². The van der Waals surface area contributed by atoms with Crippen molar-refractivity contribution in [1.82, 2.24) is 4.98 Å². The van der Waals surface area contributed by atoms with Crippen LogP contribution in [0.2, 0.25) is 0 Å². The molecule has 0 radical (unpaired) electrons. The molecule has 1 aromatic heterocycles. The van der Waals surface area contributed by atoms with Crippen molar-refractivity contribution < 1.29 is 9.90 Å². The van der Waals surface area contributed by atoms with Gasteiger partial charge in [-0.15, -0.1) is 11.3 Å². The molecular formula is C10H13NO2S. The minimum absolute atomic E-state index is 0.179. The smallest absolute Gasteiger partial charge is 0.307 e. The van der Waals surface area contributed by atoms with Gasteiger partial charge in [0.25, 0.3) is 0 Å². The molecule has 1 fully saturated rings. The first-order chi connectivity index (χ1) is 6.59. The van der Waals surface area contributed by atoms with Gasteiger partial charge in [-0.05, 0) is 12.3 Å². The molecule has 1 saturated carbocycles. The summed E-state index contributed by atoms with van der Waals surface area (Å²) in [6.07, 6.45) is 0.764. The van der Waals surface area contributed by atoms with Gasteiger partial charge >= 0.3 is 5.97 Å². The van der Waals surface area contributed by atoms with Crippen molar-refractivity contribution in [2.45, 2.75) is 32.1 Å². The van der Waals surface area contributed by atoms with E-state index in [9.17, 15) is 4.79 Å². The highest BCUT2D eigenvalue weighted by atomic mass is 32.1. The number of carboxylic acid groups (broad SMARTS) is 1. The Morgan fingerprint density at radius 3 is 2.86 bits per heavy atom. The highest BCUT2D eigenvalue weighted by molar-refractivity contribution is 7.09. The van der Waals surface area contributed by atoms with E-state index in [4.69, 9.17) is 5.11 Å². The molecule has 14 heavy (non-hydrogen) atoms. The summed E-state index contributed by atoms with van der Waals surface area (Å²) in [5.41, 5.74) is 1.08. The van der Waals surface area contributed by atoms with Crippen molar-refractivity contribution in [3.63, 3.8) is 0 Å². The molecule has 2 atom stereocenters. The monoisotopic (exact) mass is 211 g/mol. The average molecular weight is 211 g/mol. The molecule has 0 aromatic carbocycles. The van der Waals surface area contributed by atoms with Gasteiger partial charge in [-0.3, -0.25) is 4.79 Å². The van der Waals surface area contributed by atoms with Crippen LogP contribution in [0.4, 0.5) is 0 Å². The maximum Gasteiger partial charge on any atom is 0.307 e. The Morgan fingerprint density at radius 1 is 1.71 bits per heavy atom. The number of rotatable bonds is 3. The Balaban J connectivity index is 2.09. The number of hydrogen-bond donors (Lipinski definition) is 1. The third-order valence-corrected chi connectivity index (χ3v) is 3.55. The van der Waals surface area contributed by atoms with Gasteiger partial charge in [-0.1, -0.05) is 13.8 Å². The predicted octanol–water partition coefficient (Wildman–Crippen LogP) is 2.45. The maximum atomic E-state index is 10.7. The summed E-state index contributed by atoms with van der Waals surface area (Å²) in [5.74, 6) is -0.246. The van der Waals surface area contributed by atoms with E-state index in [0.29, 0.717) is 5.92 Å². The molecule has 0 saturated heterocycles. The molecule has 0 aliphatic heterocycles.